The Labute approximate surface area is 133 Å². The van der Waals surface area contributed by atoms with Crippen LogP contribution < -0.4 is 10.2 Å². The molecule has 0 unspecified atom stereocenters. The van der Waals surface area contributed by atoms with E-state index in [4.69, 9.17) is 0 Å². The molecule has 0 radical (unpaired) electrons. The van der Waals surface area contributed by atoms with Crippen LogP contribution in [0.25, 0.3) is 0 Å². The number of rotatable bonds is 7. The summed E-state index contributed by atoms with van der Waals surface area (Å²) in [6.45, 7) is 7.34. The summed E-state index contributed by atoms with van der Waals surface area (Å²) in [6.07, 6.45) is 3.32. The molecule has 2 aromatic rings. The Balaban J connectivity index is 2.22. The highest BCUT2D eigenvalue weighted by molar-refractivity contribution is 5.61. The Hall–Kier alpha value is -2.10. The van der Waals surface area contributed by atoms with Gasteiger partial charge in [-0.15, -0.1) is 0 Å². The van der Waals surface area contributed by atoms with Crippen LogP contribution in [-0.2, 0) is 6.42 Å². The van der Waals surface area contributed by atoms with Crippen LogP contribution in [0.2, 0.25) is 0 Å². The van der Waals surface area contributed by atoms with Gasteiger partial charge in [-0.25, -0.2) is 4.98 Å². The number of nitrogens with one attached hydrogen (secondary N) is 1. The number of hydrogen-bond donors (Lipinski definition) is 1. The second kappa shape index (κ2) is 7.78. The first-order valence-electron chi connectivity index (χ1n) is 8.05. The van der Waals surface area contributed by atoms with Crippen molar-refractivity contribution in [2.24, 2.45) is 0 Å². The highest BCUT2D eigenvalue weighted by Gasteiger charge is 2.08. The lowest BCUT2D eigenvalue weighted by molar-refractivity contribution is 0.749. The highest BCUT2D eigenvalue weighted by atomic mass is 15.2. The Morgan fingerprint density at radius 1 is 1.14 bits per heavy atom. The molecule has 0 aliphatic rings. The zero-order valence-corrected chi connectivity index (χ0v) is 14.1. The molecular formula is C18H26N4. The zero-order valence-electron chi connectivity index (χ0n) is 14.1. The van der Waals surface area contributed by atoms with Gasteiger partial charge in [0.15, 0.2) is 0 Å². The summed E-state index contributed by atoms with van der Waals surface area (Å²) < 4.78 is 0. The van der Waals surface area contributed by atoms with Gasteiger partial charge in [0.2, 0.25) is 5.95 Å². The van der Waals surface area contributed by atoms with Gasteiger partial charge in [0.25, 0.3) is 0 Å². The lowest BCUT2D eigenvalue weighted by Gasteiger charge is -2.18. The van der Waals surface area contributed by atoms with E-state index in [0.29, 0.717) is 0 Å². The molecule has 0 aliphatic carbocycles. The van der Waals surface area contributed by atoms with E-state index >= 15 is 0 Å². The third-order valence-electron chi connectivity index (χ3n) is 3.69. The second-order valence-corrected chi connectivity index (χ2v) is 5.61. The van der Waals surface area contributed by atoms with Crippen molar-refractivity contribution >= 4 is 17.5 Å². The molecule has 1 heterocycles. The Bertz CT molecular complexity index is 610. The van der Waals surface area contributed by atoms with Crippen molar-refractivity contribution in [2.45, 2.75) is 40.0 Å². The molecule has 118 valence electrons. The van der Waals surface area contributed by atoms with Crippen molar-refractivity contribution in [1.82, 2.24) is 9.97 Å². The minimum atomic E-state index is 0.782. The van der Waals surface area contributed by atoms with E-state index in [1.165, 1.54) is 12.0 Å². The highest BCUT2D eigenvalue weighted by Crippen LogP contribution is 2.22. The summed E-state index contributed by atoms with van der Waals surface area (Å²) >= 11 is 0. The van der Waals surface area contributed by atoms with Crippen molar-refractivity contribution in [3.05, 3.63) is 41.6 Å². The van der Waals surface area contributed by atoms with Crippen LogP contribution in [-0.4, -0.2) is 23.6 Å². The number of aryl methyl sites for hydroxylation is 2. The number of benzene rings is 1. The van der Waals surface area contributed by atoms with Crippen LogP contribution in [0.15, 0.2) is 30.3 Å². The van der Waals surface area contributed by atoms with Crippen LogP contribution in [0.3, 0.4) is 0 Å². The fourth-order valence-electron chi connectivity index (χ4n) is 2.37. The molecule has 0 saturated heterocycles. The molecule has 0 fully saturated rings. The molecular weight excluding hydrogens is 272 g/mol. The van der Waals surface area contributed by atoms with Crippen molar-refractivity contribution in [1.29, 1.82) is 0 Å². The number of hydrogen-bond acceptors (Lipinski definition) is 4. The van der Waals surface area contributed by atoms with Crippen LogP contribution in [0, 0.1) is 6.92 Å². The lowest BCUT2D eigenvalue weighted by Crippen LogP contribution is -2.21. The Kier molecular flexibility index (Phi) is 5.75. The van der Waals surface area contributed by atoms with E-state index in [9.17, 15) is 0 Å². The van der Waals surface area contributed by atoms with Crippen LogP contribution >= 0.6 is 0 Å². The molecule has 0 aliphatic heterocycles. The number of aromatic nitrogens is 2. The Morgan fingerprint density at radius 3 is 2.64 bits per heavy atom. The van der Waals surface area contributed by atoms with Gasteiger partial charge in [-0.1, -0.05) is 38.5 Å². The standard InChI is InChI=1S/C18H26N4/c1-5-7-12-22(4)18-19-14(3)13-17(21-18)20-16-11-9-8-10-15(16)6-2/h8-11,13H,5-7,12H2,1-4H3,(H,19,20,21). The fourth-order valence-corrected chi connectivity index (χ4v) is 2.37. The number of unbranched alkanes of at least 4 members (excludes halogenated alkanes) is 1. The van der Waals surface area contributed by atoms with Gasteiger partial charge in [-0.05, 0) is 31.4 Å². The largest absolute Gasteiger partial charge is 0.344 e. The molecule has 0 bridgehead atoms. The summed E-state index contributed by atoms with van der Waals surface area (Å²) in [4.78, 5) is 11.3. The quantitative estimate of drug-likeness (QED) is 0.826. The summed E-state index contributed by atoms with van der Waals surface area (Å²) in [7, 11) is 2.05. The monoisotopic (exact) mass is 298 g/mol. The normalized spacial score (nSPS) is 10.5. The zero-order chi connectivity index (χ0) is 15.9. The molecule has 2 rings (SSSR count). The smallest absolute Gasteiger partial charge is 0.227 e. The van der Waals surface area contributed by atoms with Gasteiger partial charge in [-0.2, -0.15) is 4.98 Å². The predicted molar refractivity (Wildman–Crippen MR) is 94.0 cm³/mol. The molecule has 0 atom stereocenters. The maximum Gasteiger partial charge on any atom is 0.227 e. The van der Waals surface area contributed by atoms with Crippen molar-refractivity contribution in [3.63, 3.8) is 0 Å². The van der Waals surface area contributed by atoms with Crippen molar-refractivity contribution < 1.29 is 0 Å². The first-order valence-corrected chi connectivity index (χ1v) is 8.05. The summed E-state index contributed by atoms with van der Waals surface area (Å²) in [5.41, 5.74) is 3.38. The van der Waals surface area contributed by atoms with E-state index in [-0.39, 0.29) is 0 Å². The van der Waals surface area contributed by atoms with Crippen LogP contribution in [0.4, 0.5) is 17.5 Å². The van der Waals surface area contributed by atoms with E-state index in [1.807, 2.05) is 26.1 Å². The van der Waals surface area contributed by atoms with Gasteiger partial charge in [-0.3, -0.25) is 0 Å². The van der Waals surface area contributed by atoms with Gasteiger partial charge in [0, 0.05) is 31.0 Å². The topological polar surface area (TPSA) is 41.1 Å². The number of anilines is 3. The van der Waals surface area contributed by atoms with Gasteiger partial charge < -0.3 is 10.2 Å². The van der Waals surface area contributed by atoms with Crippen molar-refractivity contribution in [3.8, 4) is 0 Å². The third kappa shape index (κ3) is 4.20. The van der Waals surface area contributed by atoms with Gasteiger partial charge >= 0.3 is 0 Å². The average Bonchev–Trinajstić information content (AvgIpc) is 2.52. The molecule has 1 N–H and O–H groups in total. The Morgan fingerprint density at radius 2 is 1.91 bits per heavy atom. The molecule has 1 aromatic heterocycles. The summed E-state index contributed by atoms with van der Waals surface area (Å²) in [5, 5.41) is 3.44. The SMILES string of the molecule is CCCCN(C)c1nc(C)cc(Nc2ccccc2CC)n1. The molecule has 4 nitrogen and oxygen atoms in total. The van der Waals surface area contributed by atoms with Crippen LogP contribution in [0.5, 0.6) is 0 Å². The van der Waals surface area contributed by atoms with E-state index in [0.717, 1.165) is 42.5 Å². The lowest BCUT2D eigenvalue weighted by atomic mass is 10.1. The van der Waals surface area contributed by atoms with Crippen molar-refractivity contribution in [2.75, 3.05) is 23.8 Å². The molecule has 22 heavy (non-hydrogen) atoms. The second-order valence-electron chi connectivity index (χ2n) is 5.61. The third-order valence-corrected chi connectivity index (χ3v) is 3.69. The fraction of sp³-hybridized carbons (Fsp3) is 0.444. The number of para-hydroxylation sites is 1. The van der Waals surface area contributed by atoms with Crippen LogP contribution in [0.1, 0.15) is 37.9 Å². The minimum Gasteiger partial charge on any atom is -0.344 e. The first kappa shape index (κ1) is 16.3. The first-order chi connectivity index (χ1) is 10.6. The maximum atomic E-state index is 4.66. The summed E-state index contributed by atoms with van der Waals surface area (Å²) in [5.74, 6) is 1.64. The minimum absolute atomic E-state index is 0.782. The van der Waals surface area contributed by atoms with E-state index in [2.05, 4.69) is 52.2 Å². The van der Waals surface area contributed by atoms with Gasteiger partial charge in [0.1, 0.15) is 5.82 Å². The van der Waals surface area contributed by atoms with Gasteiger partial charge in [0.05, 0.1) is 0 Å². The molecule has 0 amide bonds. The molecule has 0 saturated carbocycles. The average molecular weight is 298 g/mol. The number of nitrogens with zero attached hydrogens (tertiary/aromatic N) is 3. The maximum absolute atomic E-state index is 4.66. The summed E-state index contributed by atoms with van der Waals surface area (Å²) in [6, 6.07) is 10.3. The molecule has 4 heteroatoms. The van der Waals surface area contributed by atoms with E-state index in [1.54, 1.807) is 0 Å². The molecule has 1 aromatic carbocycles. The van der Waals surface area contributed by atoms with E-state index < -0.39 is 0 Å². The molecule has 0 spiro atoms. The predicted octanol–water partition coefficient (Wildman–Crippen LogP) is 4.33.